The van der Waals surface area contributed by atoms with Crippen molar-refractivity contribution in [1.82, 2.24) is 14.8 Å². The fourth-order valence-electron chi connectivity index (χ4n) is 2.33. The average Bonchev–Trinajstić information content (AvgIpc) is 3.15. The molecule has 0 aliphatic heterocycles. The van der Waals surface area contributed by atoms with Gasteiger partial charge in [-0.05, 0) is 17.7 Å². The van der Waals surface area contributed by atoms with E-state index in [-0.39, 0.29) is 0 Å². The van der Waals surface area contributed by atoms with Crippen LogP contribution in [0.4, 0.5) is 5.13 Å². The largest absolute Gasteiger partial charge is 0.497 e. The molecular formula is C16H18N4O2S. The number of nitrogen functional groups attached to an aromatic ring is 1. The summed E-state index contributed by atoms with van der Waals surface area (Å²) in [6.07, 6.45) is 1.98. The van der Waals surface area contributed by atoms with Gasteiger partial charge in [0.25, 0.3) is 0 Å². The highest BCUT2D eigenvalue weighted by Crippen LogP contribution is 2.26. The number of aromatic nitrogens is 3. The molecule has 0 amide bonds. The lowest BCUT2D eigenvalue weighted by atomic mass is 10.2. The van der Waals surface area contributed by atoms with Crippen LogP contribution in [0.1, 0.15) is 11.3 Å². The van der Waals surface area contributed by atoms with Gasteiger partial charge in [-0.15, -0.1) is 11.3 Å². The molecule has 0 radical (unpaired) electrons. The van der Waals surface area contributed by atoms with Crippen molar-refractivity contribution >= 4 is 16.5 Å². The van der Waals surface area contributed by atoms with Crippen molar-refractivity contribution in [2.24, 2.45) is 0 Å². The van der Waals surface area contributed by atoms with Crippen LogP contribution in [0.25, 0.3) is 11.3 Å². The Kier molecular flexibility index (Phi) is 4.59. The van der Waals surface area contributed by atoms with Crippen LogP contribution in [0.2, 0.25) is 0 Å². The third-order valence-corrected chi connectivity index (χ3v) is 4.09. The van der Waals surface area contributed by atoms with Crippen LogP contribution in [0.5, 0.6) is 5.75 Å². The number of methoxy groups -OCH3 is 2. The minimum atomic E-state index is 0.433. The van der Waals surface area contributed by atoms with Gasteiger partial charge in [0.15, 0.2) is 5.13 Å². The van der Waals surface area contributed by atoms with Crippen LogP contribution in [0, 0.1) is 0 Å². The first kappa shape index (κ1) is 15.5. The first-order valence-electron chi connectivity index (χ1n) is 7.09. The Balaban J connectivity index is 1.87. The Hall–Kier alpha value is -2.38. The first-order valence-corrected chi connectivity index (χ1v) is 7.97. The summed E-state index contributed by atoms with van der Waals surface area (Å²) in [6.45, 7) is 1.10. The molecule has 0 saturated heterocycles. The third kappa shape index (κ3) is 3.52. The topological polar surface area (TPSA) is 75.2 Å². The molecule has 2 aromatic heterocycles. The second-order valence-electron chi connectivity index (χ2n) is 5.04. The molecule has 7 heteroatoms. The van der Waals surface area contributed by atoms with Crippen molar-refractivity contribution in [1.29, 1.82) is 0 Å². The van der Waals surface area contributed by atoms with E-state index in [0.717, 1.165) is 28.3 Å². The molecule has 0 bridgehead atoms. The number of nitrogens with two attached hydrogens (primary N) is 1. The SMILES string of the molecule is COCc1nn(Cc2ccc(OC)cc2)cc1-c1csc(N)n1. The first-order chi connectivity index (χ1) is 11.2. The van der Waals surface area contributed by atoms with Crippen molar-refractivity contribution in [3.8, 4) is 17.0 Å². The van der Waals surface area contributed by atoms with E-state index in [1.54, 1.807) is 14.2 Å². The summed E-state index contributed by atoms with van der Waals surface area (Å²) in [7, 11) is 3.31. The molecule has 0 spiro atoms. The number of anilines is 1. The molecule has 2 N–H and O–H groups in total. The second-order valence-corrected chi connectivity index (χ2v) is 5.93. The summed E-state index contributed by atoms with van der Waals surface area (Å²) in [5.41, 5.74) is 9.51. The number of thiazole rings is 1. The van der Waals surface area contributed by atoms with Crippen LogP contribution < -0.4 is 10.5 Å². The lowest BCUT2D eigenvalue weighted by molar-refractivity contribution is 0.181. The Labute approximate surface area is 138 Å². The molecule has 0 aliphatic rings. The maximum atomic E-state index is 5.73. The standard InChI is InChI=1S/C16H18N4O2S/c1-21-9-14-13(15-10-23-16(17)18-15)8-20(19-14)7-11-3-5-12(22-2)6-4-11/h3-6,8,10H,7,9H2,1-2H3,(H2,17,18). The van der Waals surface area contributed by atoms with Gasteiger partial charge in [-0.3, -0.25) is 4.68 Å². The third-order valence-electron chi connectivity index (χ3n) is 3.42. The fraction of sp³-hybridized carbons (Fsp3) is 0.250. The Morgan fingerprint density at radius 1 is 1.22 bits per heavy atom. The molecule has 0 atom stereocenters. The van der Waals surface area contributed by atoms with Gasteiger partial charge < -0.3 is 15.2 Å². The Morgan fingerprint density at radius 2 is 2.00 bits per heavy atom. The molecule has 0 unspecified atom stereocenters. The Morgan fingerprint density at radius 3 is 2.61 bits per heavy atom. The quantitative estimate of drug-likeness (QED) is 0.752. The van der Waals surface area contributed by atoms with Gasteiger partial charge in [-0.2, -0.15) is 5.10 Å². The molecule has 1 aromatic carbocycles. The number of hydrogen-bond donors (Lipinski definition) is 1. The van der Waals surface area contributed by atoms with E-state index < -0.39 is 0 Å². The van der Waals surface area contributed by atoms with E-state index in [1.807, 2.05) is 40.5 Å². The van der Waals surface area contributed by atoms with Crippen molar-refractivity contribution in [3.63, 3.8) is 0 Å². The molecular weight excluding hydrogens is 312 g/mol. The van der Waals surface area contributed by atoms with Crippen LogP contribution in [0.3, 0.4) is 0 Å². The van der Waals surface area contributed by atoms with E-state index in [4.69, 9.17) is 15.2 Å². The molecule has 23 heavy (non-hydrogen) atoms. The predicted molar refractivity (Wildman–Crippen MR) is 90.6 cm³/mol. The molecule has 6 nitrogen and oxygen atoms in total. The summed E-state index contributed by atoms with van der Waals surface area (Å²) in [4.78, 5) is 4.34. The van der Waals surface area contributed by atoms with Gasteiger partial charge in [0.2, 0.25) is 0 Å². The van der Waals surface area contributed by atoms with Crippen LogP contribution >= 0.6 is 11.3 Å². The highest BCUT2D eigenvalue weighted by Gasteiger charge is 2.14. The molecule has 120 valence electrons. The Bertz CT molecular complexity index is 780. The molecule has 0 fully saturated rings. The smallest absolute Gasteiger partial charge is 0.180 e. The predicted octanol–water partition coefficient (Wildman–Crippen LogP) is 2.79. The van der Waals surface area contributed by atoms with E-state index in [9.17, 15) is 0 Å². The number of benzene rings is 1. The van der Waals surface area contributed by atoms with Crippen molar-refractivity contribution in [3.05, 3.63) is 47.1 Å². The van der Waals surface area contributed by atoms with Crippen LogP contribution in [-0.2, 0) is 17.9 Å². The number of ether oxygens (including phenoxy) is 2. The maximum Gasteiger partial charge on any atom is 0.180 e. The fourth-order valence-corrected chi connectivity index (χ4v) is 2.89. The van der Waals surface area contributed by atoms with Gasteiger partial charge in [-0.1, -0.05) is 12.1 Å². The van der Waals surface area contributed by atoms with Crippen molar-refractivity contribution in [2.75, 3.05) is 20.0 Å². The minimum absolute atomic E-state index is 0.433. The zero-order valence-electron chi connectivity index (χ0n) is 13.0. The zero-order valence-corrected chi connectivity index (χ0v) is 13.8. The zero-order chi connectivity index (χ0) is 16.2. The lowest BCUT2D eigenvalue weighted by Gasteiger charge is -2.03. The molecule has 0 aliphatic carbocycles. The maximum absolute atomic E-state index is 5.73. The van der Waals surface area contributed by atoms with Gasteiger partial charge in [-0.25, -0.2) is 4.98 Å². The summed E-state index contributed by atoms with van der Waals surface area (Å²) in [5.74, 6) is 0.841. The summed E-state index contributed by atoms with van der Waals surface area (Å²) in [5, 5.41) is 7.09. The number of hydrogen-bond acceptors (Lipinski definition) is 6. The van der Waals surface area contributed by atoms with Gasteiger partial charge >= 0.3 is 0 Å². The van der Waals surface area contributed by atoms with Crippen LogP contribution in [-0.4, -0.2) is 29.0 Å². The number of nitrogens with zero attached hydrogens (tertiary/aromatic N) is 3. The summed E-state index contributed by atoms with van der Waals surface area (Å²) >= 11 is 1.42. The van der Waals surface area contributed by atoms with Gasteiger partial charge in [0, 0.05) is 24.3 Å². The average molecular weight is 330 g/mol. The van der Waals surface area contributed by atoms with Crippen LogP contribution in [0.15, 0.2) is 35.8 Å². The highest BCUT2D eigenvalue weighted by atomic mass is 32.1. The lowest BCUT2D eigenvalue weighted by Crippen LogP contribution is -2.01. The van der Waals surface area contributed by atoms with Crippen molar-refractivity contribution < 1.29 is 9.47 Å². The molecule has 2 heterocycles. The van der Waals surface area contributed by atoms with Crippen molar-refractivity contribution in [2.45, 2.75) is 13.2 Å². The van der Waals surface area contributed by atoms with E-state index in [2.05, 4.69) is 10.1 Å². The number of rotatable bonds is 6. The molecule has 3 aromatic rings. The minimum Gasteiger partial charge on any atom is -0.497 e. The summed E-state index contributed by atoms with van der Waals surface area (Å²) in [6, 6.07) is 7.93. The monoisotopic (exact) mass is 330 g/mol. The van der Waals surface area contributed by atoms with Gasteiger partial charge in [0.05, 0.1) is 31.6 Å². The normalized spacial score (nSPS) is 10.9. The second kappa shape index (κ2) is 6.80. The van der Waals surface area contributed by atoms with Gasteiger partial charge in [0.1, 0.15) is 5.75 Å². The van der Waals surface area contributed by atoms with E-state index in [1.165, 1.54) is 11.3 Å². The summed E-state index contributed by atoms with van der Waals surface area (Å²) < 4.78 is 12.3. The molecule has 0 saturated carbocycles. The molecule has 3 rings (SSSR count). The highest BCUT2D eigenvalue weighted by molar-refractivity contribution is 7.13. The van der Waals surface area contributed by atoms with E-state index >= 15 is 0 Å². The van der Waals surface area contributed by atoms with E-state index in [0.29, 0.717) is 18.3 Å².